The highest BCUT2D eigenvalue weighted by molar-refractivity contribution is 6.02. The molecule has 3 aromatic rings. The van der Waals surface area contributed by atoms with Crippen LogP contribution in [0.3, 0.4) is 0 Å². The van der Waals surface area contributed by atoms with E-state index < -0.39 is 0 Å². The fourth-order valence-electron chi connectivity index (χ4n) is 1.97. The molecule has 0 atom stereocenters. The smallest absolute Gasteiger partial charge is 0.248 e. The molecule has 1 aromatic heterocycles. The van der Waals surface area contributed by atoms with E-state index in [1.54, 1.807) is 36.4 Å². The molecule has 0 aliphatic carbocycles. The first-order valence-electron chi connectivity index (χ1n) is 6.79. The molecule has 114 valence electrons. The molecule has 7 heteroatoms. The number of nitrogens with one attached hydrogen (secondary N) is 1. The summed E-state index contributed by atoms with van der Waals surface area (Å²) in [5, 5.41) is 13.6. The molecule has 0 aliphatic heterocycles. The standard InChI is InChI=1S/C16H12FN5O/c17-13-4-1-3-12(9-13)7-8-16(23)19-14-5-2-6-15(10-14)22-11-18-20-21-22/h1-11H,(H,19,23). The molecule has 0 aliphatic rings. The third-order valence-corrected chi connectivity index (χ3v) is 3.00. The van der Waals surface area contributed by atoms with E-state index in [-0.39, 0.29) is 11.7 Å². The van der Waals surface area contributed by atoms with Gasteiger partial charge in [0.2, 0.25) is 5.91 Å². The summed E-state index contributed by atoms with van der Waals surface area (Å²) in [5.74, 6) is -0.662. The predicted octanol–water partition coefficient (Wildman–Crippen LogP) is 2.45. The van der Waals surface area contributed by atoms with Gasteiger partial charge in [0, 0.05) is 11.8 Å². The first-order valence-corrected chi connectivity index (χ1v) is 6.79. The van der Waals surface area contributed by atoms with Crippen LogP contribution >= 0.6 is 0 Å². The van der Waals surface area contributed by atoms with Gasteiger partial charge in [-0.2, -0.15) is 0 Å². The van der Waals surface area contributed by atoms with Crippen LogP contribution in [0.2, 0.25) is 0 Å². The van der Waals surface area contributed by atoms with E-state index in [0.29, 0.717) is 11.3 Å². The first kappa shape index (κ1) is 14.6. The van der Waals surface area contributed by atoms with Crippen molar-refractivity contribution in [3.63, 3.8) is 0 Å². The average Bonchev–Trinajstić information content (AvgIpc) is 3.08. The Labute approximate surface area is 131 Å². The maximum atomic E-state index is 13.1. The molecule has 0 radical (unpaired) electrons. The van der Waals surface area contributed by atoms with Crippen LogP contribution in [0.25, 0.3) is 11.8 Å². The van der Waals surface area contributed by atoms with Crippen molar-refractivity contribution in [1.82, 2.24) is 20.2 Å². The highest BCUT2D eigenvalue weighted by Gasteiger charge is 2.02. The van der Waals surface area contributed by atoms with Gasteiger partial charge in [-0.25, -0.2) is 9.07 Å². The number of halogens is 1. The summed E-state index contributed by atoms with van der Waals surface area (Å²) < 4.78 is 14.5. The van der Waals surface area contributed by atoms with E-state index in [1.165, 1.54) is 29.2 Å². The highest BCUT2D eigenvalue weighted by Crippen LogP contribution is 2.13. The van der Waals surface area contributed by atoms with Gasteiger partial charge in [0.15, 0.2) is 0 Å². The Morgan fingerprint density at radius 3 is 2.83 bits per heavy atom. The number of rotatable bonds is 4. The second-order valence-corrected chi connectivity index (χ2v) is 4.68. The van der Waals surface area contributed by atoms with Gasteiger partial charge in [-0.3, -0.25) is 4.79 Å². The van der Waals surface area contributed by atoms with Crippen LogP contribution in [0.1, 0.15) is 5.56 Å². The molecule has 0 spiro atoms. The number of benzene rings is 2. The van der Waals surface area contributed by atoms with Crippen LogP contribution in [-0.2, 0) is 4.79 Å². The molecule has 2 aromatic carbocycles. The van der Waals surface area contributed by atoms with Crippen molar-refractivity contribution in [2.45, 2.75) is 0 Å². The van der Waals surface area contributed by atoms with E-state index in [4.69, 9.17) is 0 Å². The zero-order valence-corrected chi connectivity index (χ0v) is 11.9. The zero-order valence-electron chi connectivity index (χ0n) is 11.9. The maximum absolute atomic E-state index is 13.1. The van der Waals surface area contributed by atoms with E-state index in [2.05, 4.69) is 20.8 Å². The normalized spacial score (nSPS) is 10.8. The lowest BCUT2D eigenvalue weighted by Crippen LogP contribution is -2.08. The molecule has 6 nitrogen and oxygen atoms in total. The summed E-state index contributed by atoms with van der Waals surface area (Å²) in [4.78, 5) is 11.9. The van der Waals surface area contributed by atoms with E-state index in [1.807, 2.05) is 6.07 Å². The summed E-state index contributed by atoms with van der Waals surface area (Å²) in [6, 6.07) is 13.1. The van der Waals surface area contributed by atoms with Crippen molar-refractivity contribution >= 4 is 17.7 Å². The number of carbonyl (C=O) groups excluding carboxylic acids is 1. The molecule has 23 heavy (non-hydrogen) atoms. The molecule has 1 N–H and O–H groups in total. The quantitative estimate of drug-likeness (QED) is 0.751. The summed E-state index contributed by atoms with van der Waals surface area (Å²) >= 11 is 0. The van der Waals surface area contributed by atoms with Crippen LogP contribution in [-0.4, -0.2) is 26.1 Å². The van der Waals surface area contributed by atoms with Crippen molar-refractivity contribution < 1.29 is 9.18 Å². The van der Waals surface area contributed by atoms with Crippen molar-refractivity contribution in [3.05, 3.63) is 72.3 Å². The molecule has 0 bridgehead atoms. The number of hydrogen-bond donors (Lipinski definition) is 1. The van der Waals surface area contributed by atoms with Gasteiger partial charge < -0.3 is 5.32 Å². The summed E-state index contributed by atoms with van der Waals surface area (Å²) in [7, 11) is 0. The monoisotopic (exact) mass is 309 g/mol. The Bertz CT molecular complexity index is 845. The number of hydrogen-bond acceptors (Lipinski definition) is 4. The summed E-state index contributed by atoms with van der Waals surface area (Å²) in [6.45, 7) is 0. The Balaban J connectivity index is 1.69. The number of aromatic nitrogens is 4. The van der Waals surface area contributed by atoms with E-state index >= 15 is 0 Å². The van der Waals surface area contributed by atoms with Gasteiger partial charge >= 0.3 is 0 Å². The van der Waals surface area contributed by atoms with Crippen LogP contribution in [0.5, 0.6) is 0 Å². The van der Waals surface area contributed by atoms with Gasteiger partial charge in [-0.1, -0.05) is 18.2 Å². The molecule has 0 unspecified atom stereocenters. The molecular formula is C16H12FN5O. The largest absolute Gasteiger partial charge is 0.322 e. The molecular weight excluding hydrogens is 297 g/mol. The van der Waals surface area contributed by atoms with Crippen molar-refractivity contribution in [2.24, 2.45) is 0 Å². The topological polar surface area (TPSA) is 72.7 Å². The maximum Gasteiger partial charge on any atom is 0.248 e. The minimum atomic E-state index is -0.346. The minimum Gasteiger partial charge on any atom is -0.322 e. The molecule has 0 saturated heterocycles. The summed E-state index contributed by atoms with van der Waals surface area (Å²) in [5.41, 5.74) is 1.94. The molecule has 1 amide bonds. The van der Waals surface area contributed by atoms with Gasteiger partial charge in [0.1, 0.15) is 12.1 Å². The minimum absolute atomic E-state index is 0.317. The Morgan fingerprint density at radius 1 is 1.17 bits per heavy atom. The third-order valence-electron chi connectivity index (χ3n) is 3.00. The van der Waals surface area contributed by atoms with Crippen LogP contribution in [0.15, 0.2) is 60.9 Å². The predicted molar refractivity (Wildman–Crippen MR) is 83.2 cm³/mol. The van der Waals surface area contributed by atoms with Crippen molar-refractivity contribution in [1.29, 1.82) is 0 Å². The van der Waals surface area contributed by atoms with Gasteiger partial charge in [-0.15, -0.1) is 5.10 Å². The lowest BCUT2D eigenvalue weighted by molar-refractivity contribution is -0.111. The van der Waals surface area contributed by atoms with Gasteiger partial charge in [-0.05, 0) is 52.4 Å². The van der Waals surface area contributed by atoms with Crippen molar-refractivity contribution in [3.8, 4) is 5.69 Å². The highest BCUT2D eigenvalue weighted by atomic mass is 19.1. The van der Waals surface area contributed by atoms with E-state index in [9.17, 15) is 9.18 Å². The van der Waals surface area contributed by atoms with E-state index in [0.717, 1.165) is 5.69 Å². The molecule has 1 heterocycles. The van der Waals surface area contributed by atoms with Crippen LogP contribution in [0, 0.1) is 5.82 Å². The van der Waals surface area contributed by atoms with Crippen molar-refractivity contribution in [2.75, 3.05) is 5.32 Å². The Kier molecular flexibility index (Phi) is 4.19. The van der Waals surface area contributed by atoms with Gasteiger partial charge in [0.25, 0.3) is 0 Å². The lowest BCUT2D eigenvalue weighted by atomic mass is 10.2. The number of carbonyl (C=O) groups is 1. The molecule has 0 saturated carbocycles. The average molecular weight is 309 g/mol. The molecule has 3 rings (SSSR count). The summed E-state index contributed by atoms with van der Waals surface area (Å²) in [6.07, 6.45) is 4.35. The second-order valence-electron chi connectivity index (χ2n) is 4.68. The Morgan fingerprint density at radius 2 is 2.04 bits per heavy atom. The Hall–Kier alpha value is -3.35. The van der Waals surface area contributed by atoms with Crippen LogP contribution in [0.4, 0.5) is 10.1 Å². The number of anilines is 1. The second kappa shape index (κ2) is 6.61. The SMILES string of the molecule is O=C(C=Cc1cccc(F)c1)Nc1cccc(-n2cnnn2)c1. The fraction of sp³-hybridized carbons (Fsp3) is 0. The first-order chi connectivity index (χ1) is 11.2. The lowest BCUT2D eigenvalue weighted by Gasteiger charge is -2.05. The number of amides is 1. The zero-order chi connectivity index (χ0) is 16.1. The number of tetrazole rings is 1. The van der Waals surface area contributed by atoms with Gasteiger partial charge in [0.05, 0.1) is 5.69 Å². The fourth-order valence-corrected chi connectivity index (χ4v) is 1.97. The molecule has 0 fully saturated rings. The number of nitrogens with zero attached hydrogens (tertiary/aromatic N) is 4. The van der Waals surface area contributed by atoms with Crippen LogP contribution < -0.4 is 5.32 Å². The third kappa shape index (κ3) is 3.85.